The average molecular weight is 433 g/mol. The Balaban J connectivity index is 1.52. The van der Waals surface area contributed by atoms with E-state index >= 15 is 0 Å². The molecular weight excluding hydrogens is 412 g/mol. The number of imidazole rings is 1. The lowest BCUT2D eigenvalue weighted by Gasteiger charge is -2.31. The highest BCUT2D eigenvalue weighted by atomic mass is 35.5. The predicted octanol–water partition coefficient (Wildman–Crippen LogP) is 5.14. The highest BCUT2D eigenvalue weighted by Gasteiger charge is 2.25. The molecule has 2 aromatic carbocycles. The van der Waals surface area contributed by atoms with Crippen LogP contribution in [-0.4, -0.2) is 25.4 Å². The molecule has 4 aromatic rings. The van der Waals surface area contributed by atoms with E-state index in [0.29, 0.717) is 29.1 Å². The first-order valence-corrected chi connectivity index (χ1v) is 10.3. The summed E-state index contributed by atoms with van der Waals surface area (Å²) in [5.41, 5.74) is 4.40. The Morgan fingerprint density at radius 2 is 1.94 bits per heavy atom. The third-order valence-electron chi connectivity index (χ3n) is 5.16. The number of hydrogen-bond acceptors (Lipinski definition) is 6. The molecule has 5 rings (SSSR count). The lowest BCUT2D eigenvalue weighted by atomic mass is 10.0. The van der Waals surface area contributed by atoms with Crippen LogP contribution < -0.4 is 5.32 Å². The summed E-state index contributed by atoms with van der Waals surface area (Å²) in [6.45, 7) is 2.61. The Hall–Kier alpha value is -3.58. The first-order valence-electron chi connectivity index (χ1n) is 9.94. The summed E-state index contributed by atoms with van der Waals surface area (Å²) in [6.07, 6.45) is 5.88. The maximum atomic E-state index is 6.46. The van der Waals surface area contributed by atoms with Crippen LogP contribution in [0.15, 0.2) is 82.2 Å². The second-order valence-electron chi connectivity index (χ2n) is 7.46. The van der Waals surface area contributed by atoms with Crippen molar-refractivity contribution in [2.45, 2.75) is 19.5 Å². The summed E-state index contributed by atoms with van der Waals surface area (Å²) in [4.78, 5) is 16.0. The van der Waals surface area contributed by atoms with Gasteiger partial charge < -0.3 is 13.9 Å². The van der Waals surface area contributed by atoms with E-state index in [0.717, 1.165) is 22.5 Å². The van der Waals surface area contributed by atoms with Crippen LogP contribution in [0.4, 0.5) is 6.01 Å². The number of oxazole rings is 1. The summed E-state index contributed by atoms with van der Waals surface area (Å²) >= 11 is 6.46. The topological polar surface area (TPSA) is 71.5 Å². The highest BCUT2D eigenvalue weighted by molar-refractivity contribution is 6.31. The van der Waals surface area contributed by atoms with Crippen LogP contribution >= 0.6 is 11.6 Å². The number of benzene rings is 2. The summed E-state index contributed by atoms with van der Waals surface area (Å²) in [6, 6.07) is 15.6. The Kier molecular flexibility index (Phi) is 4.95. The molecule has 0 radical (unpaired) electrons. The van der Waals surface area contributed by atoms with Gasteiger partial charge in [-0.2, -0.15) is 4.98 Å². The number of para-hydroxylation sites is 2. The maximum Gasteiger partial charge on any atom is 0.302 e. The molecule has 0 spiro atoms. The zero-order valence-corrected chi connectivity index (χ0v) is 17.9. The molecule has 0 aliphatic carbocycles. The average Bonchev–Trinajstić information content (AvgIpc) is 3.35. The van der Waals surface area contributed by atoms with E-state index in [1.54, 1.807) is 6.33 Å². The third-order valence-corrected chi connectivity index (χ3v) is 5.50. The van der Waals surface area contributed by atoms with Crippen molar-refractivity contribution in [3.05, 3.63) is 89.1 Å². The summed E-state index contributed by atoms with van der Waals surface area (Å²) in [5.74, 6) is 0.627. The van der Waals surface area contributed by atoms with E-state index in [1.165, 1.54) is 0 Å². The number of anilines is 1. The monoisotopic (exact) mass is 432 g/mol. The summed E-state index contributed by atoms with van der Waals surface area (Å²) < 4.78 is 7.80. The fraction of sp³-hybridized carbons (Fsp3) is 0.174. The molecule has 1 unspecified atom stereocenters. The Morgan fingerprint density at radius 3 is 2.71 bits per heavy atom. The molecule has 0 saturated carbocycles. The molecule has 1 N–H and O–H groups in total. The zero-order chi connectivity index (χ0) is 21.4. The molecule has 2 aromatic heterocycles. The van der Waals surface area contributed by atoms with Gasteiger partial charge >= 0.3 is 6.01 Å². The van der Waals surface area contributed by atoms with E-state index in [4.69, 9.17) is 21.0 Å². The van der Waals surface area contributed by atoms with Crippen molar-refractivity contribution in [2.75, 3.05) is 5.32 Å². The quantitative estimate of drug-likeness (QED) is 0.483. The van der Waals surface area contributed by atoms with Gasteiger partial charge in [-0.3, -0.25) is 5.32 Å². The van der Waals surface area contributed by atoms with E-state index in [2.05, 4.69) is 33.2 Å². The van der Waals surface area contributed by atoms with Gasteiger partial charge in [0.05, 0.1) is 18.6 Å². The van der Waals surface area contributed by atoms with Gasteiger partial charge in [0.25, 0.3) is 0 Å². The van der Waals surface area contributed by atoms with Crippen LogP contribution in [-0.2, 0) is 13.6 Å². The SMILES string of the molecule is CC1=CC(c2ccccc2Cl)N=C(Nc2nc3ccccc3o2)N1Cc1cn(C)cn1. The number of hydrogen-bond donors (Lipinski definition) is 1. The number of nitrogens with zero attached hydrogens (tertiary/aromatic N) is 5. The maximum absolute atomic E-state index is 6.46. The second-order valence-corrected chi connectivity index (χ2v) is 7.86. The van der Waals surface area contributed by atoms with E-state index in [9.17, 15) is 0 Å². The molecule has 3 heterocycles. The molecule has 31 heavy (non-hydrogen) atoms. The number of guanidine groups is 1. The van der Waals surface area contributed by atoms with E-state index in [-0.39, 0.29) is 6.04 Å². The molecular formula is C23H21ClN6O. The first kappa shape index (κ1) is 19.4. The normalized spacial score (nSPS) is 16.4. The van der Waals surface area contributed by atoms with Crippen LogP contribution in [0.5, 0.6) is 0 Å². The number of aliphatic imine (C=N–C) groups is 1. The van der Waals surface area contributed by atoms with Gasteiger partial charge in [0, 0.05) is 24.0 Å². The number of nitrogens with one attached hydrogen (secondary N) is 1. The molecule has 1 aliphatic heterocycles. The predicted molar refractivity (Wildman–Crippen MR) is 122 cm³/mol. The molecule has 1 atom stereocenters. The molecule has 8 heteroatoms. The van der Waals surface area contributed by atoms with Crippen molar-refractivity contribution in [3.63, 3.8) is 0 Å². The molecule has 0 saturated heterocycles. The Bertz CT molecular complexity index is 1270. The van der Waals surface area contributed by atoms with E-state index < -0.39 is 0 Å². The highest BCUT2D eigenvalue weighted by Crippen LogP contribution is 2.32. The number of aromatic nitrogens is 3. The number of aryl methyl sites for hydroxylation is 1. The number of halogens is 1. The van der Waals surface area contributed by atoms with Crippen molar-refractivity contribution in [2.24, 2.45) is 12.0 Å². The smallest absolute Gasteiger partial charge is 0.302 e. The Morgan fingerprint density at radius 1 is 1.13 bits per heavy atom. The minimum Gasteiger partial charge on any atom is -0.423 e. The van der Waals surface area contributed by atoms with Crippen LogP contribution in [0.1, 0.15) is 24.2 Å². The minimum absolute atomic E-state index is 0.222. The van der Waals surface area contributed by atoms with Gasteiger partial charge in [-0.25, -0.2) is 9.98 Å². The van der Waals surface area contributed by atoms with Crippen molar-refractivity contribution < 1.29 is 4.42 Å². The molecule has 156 valence electrons. The number of rotatable bonds is 4. The van der Waals surface area contributed by atoms with Crippen LogP contribution in [0.25, 0.3) is 11.1 Å². The van der Waals surface area contributed by atoms with E-state index in [1.807, 2.05) is 66.3 Å². The first-order chi connectivity index (χ1) is 15.1. The van der Waals surface area contributed by atoms with Crippen LogP contribution in [0, 0.1) is 0 Å². The lowest BCUT2D eigenvalue weighted by molar-refractivity contribution is 0.476. The van der Waals surface area contributed by atoms with Crippen molar-refractivity contribution >= 4 is 34.7 Å². The standard InChI is InChI=1S/C23H21ClN6O/c1-15-11-20(17-7-3-4-8-18(17)24)26-22(30(15)13-16-12-29(2)14-25-16)28-23-27-19-9-5-6-10-21(19)31-23/h3-12,14,20H,13H2,1-2H3,(H,26,27,28). The molecule has 0 bridgehead atoms. The minimum atomic E-state index is -0.222. The third kappa shape index (κ3) is 3.92. The number of fused-ring (bicyclic) bond motifs is 1. The van der Waals surface area contributed by atoms with Crippen LogP contribution in [0.2, 0.25) is 5.02 Å². The van der Waals surface area contributed by atoms with Gasteiger partial charge in [-0.15, -0.1) is 0 Å². The van der Waals surface area contributed by atoms with Crippen molar-refractivity contribution in [1.29, 1.82) is 0 Å². The summed E-state index contributed by atoms with van der Waals surface area (Å²) in [5, 5.41) is 3.96. The fourth-order valence-electron chi connectivity index (χ4n) is 3.63. The van der Waals surface area contributed by atoms with Crippen LogP contribution in [0.3, 0.4) is 0 Å². The second kappa shape index (κ2) is 7.92. The van der Waals surface area contributed by atoms with Crippen molar-refractivity contribution in [3.8, 4) is 0 Å². The van der Waals surface area contributed by atoms with Gasteiger partial charge in [0.15, 0.2) is 5.58 Å². The molecule has 0 fully saturated rings. The summed E-state index contributed by atoms with van der Waals surface area (Å²) in [7, 11) is 1.95. The van der Waals surface area contributed by atoms with Crippen molar-refractivity contribution in [1.82, 2.24) is 19.4 Å². The molecule has 0 amide bonds. The molecule has 7 nitrogen and oxygen atoms in total. The molecule has 1 aliphatic rings. The fourth-order valence-corrected chi connectivity index (χ4v) is 3.88. The van der Waals surface area contributed by atoms with Gasteiger partial charge in [0.1, 0.15) is 11.6 Å². The lowest BCUT2D eigenvalue weighted by Crippen LogP contribution is -2.37. The van der Waals surface area contributed by atoms with Gasteiger partial charge in [-0.1, -0.05) is 41.9 Å². The van der Waals surface area contributed by atoms with Gasteiger partial charge in [0.2, 0.25) is 5.96 Å². The Labute approximate surface area is 184 Å². The van der Waals surface area contributed by atoms with Gasteiger partial charge in [-0.05, 0) is 36.8 Å². The largest absolute Gasteiger partial charge is 0.423 e. The number of allylic oxidation sites excluding steroid dienone is 1. The zero-order valence-electron chi connectivity index (χ0n) is 17.2.